The number of amides is 2. The van der Waals surface area contributed by atoms with E-state index in [1.807, 2.05) is 11.5 Å². The fourth-order valence-electron chi connectivity index (χ4n) is 3.70. The zero-order chi connectivity index (χ0) is 21.0. The van der Waals surface area contributed by atoms with Crippen LogP contribution in [0.2, 0.25) is 0 Å². The number of rotatable bonds is 7. The number of hydrogen-bond acceptors (Lipinski definition) is 7. The second-order valence-corrected chi connectivity index (χ2v) is 8.01. The van der Waals surface area contributed by atoms with Gasteiger partial charge in [0.05, 0.1) is 12.5 Å². The van der Waals surface area contributed by atoms with Gasteiger partial charge in [0.25, 0.3) is 0 Å². The number of carbonyl (C=O) groups excluding carboxylic acids is 2. The third kappa shape index (κ3) is 5.18. The van der Waals surface area contributed by atoms with Crippen LogP contribution in [0.4, 0.5) is 0 Å². The van der Waals surface area contributed by atoms with Gasteiger partial charge in [-0.15, -0.1) is 10.2 Å². The van der Waals surface area contributed by atoms with Crippen LogP contribution in [0, 0.1) is 12.8 Å². The molecule has 0 spiro atoms. The van der Waals surface area contributed by atoms with Gasteiger partial charge in [-0.05, 0) is 53.4 Å². The van der Waals surface area contributed by atoms with Crippen LogP contribution in [-0.4, -0.2) is 42.9 Å². The average Bonchev–Trinajstić information content (AvgIpc) is 3.32. The predicted molar refractivity (Wildman–Crippen MR) is 104 cm³/mol. The Morgan fingerprint density at radius 1 is 1.21 bits per heavy atom. The van der Waals surface area contributed by atoms with Gasteiger partial charge in [-0.1, -0.05) is 10.3 Å². The molecule has 2 heterocycles. The second kappa shape index (κ2) is 9.15. The molecule has 10 heteroatoms. The average molecular weight is 403 g/mol. The molecule has 10 nitrogen and oxygen atoms in total. The Morgan fingerprint density at radius 3 is 2.55 bits per heavy atom. The van der Waals surface area contributed by atoms with Gasteiger partial charge in [0, 0.05) is 18.0 Å². The van der Waals surface area contributed by atoms with Crippen molar-refractivity contribution in [1.82, 2.24) is 35.7 Å². The summed E-state index contributed by atoms with van der Waals surface area (Å²) in [4.78, 5) is 24.9. The third-order valence-corrected chi connectivity index (χ3v) is 5.44. The first-order valence-corrected chi connectivity index (χ1v) is 10.1. The molecule has 3 rings (SSSR count). The molecular formula is C19H29N7O3. The molecule has 2 amide bonds. The van der Waals surface area contributed by atoms with E-state index in [1.165, 1.54) is 0 Å². The zero-order valence-electron chi connectivity index (χ0n) is 17.4. The van der Waals surface area contributed by atoms with Crippen LogP contribution < -0.4 is 10.6 Å². The Bertz CT molecular complexity index is 836. The summed E-state index contributed by atoms with van der Waals surface area (Å²) in [5.41, 5.74) is 1.18. The molecule has 1 fully saturated rings. The summed E-state index contributed by atoms with van der Waals surface area (Å²) in [6.45, 7) is 7.79. The molecule has 1 atom stereocenters. The number of aromatic nitrogens is 5. The molecule has 1 saturated carbocycles. The molecule has 1 unspecified atom stereocenters. The van der Waals surface area contributed by atoms with Crippen LogP contribution in [0.5, 0.6) is 0 Å². The Kier molecular flexibility index (Phi) is 6.60. The maximum absolute atomic E-state index is 12.7. The lowest BCUT2D eigenvalue weighted by Gasteiger charge is -2.29. The topological polar surface area (TPSA) is 128 Å². The molecule has 0 saturated heterocycles. The summed E-state index contributed by atoms with van der Waals surface area (Å²) in [5, 5.41) is 21.6. The Labute approximate surface area is 169 Å². The third-order valence-electron chi connectivity index (χ3n) is 5.44. The smallest absolute Gasteiger partial charge is 0.226 e. The summed E-state index contributed by atoms with van der Waals surface area (Å²) in [6.07, 6.45) is 4.87. The van der Waals surface area contributed by atoms with Crippen molar-refractivity contribution in [3.8, 4) is 0 Å². The Balaban J connectivity index is 1.45. The van der Waals surface area contributed by atoms with E-state index in [0.29, 0.717) is 11.4 Å². The normalized spacial score (nSPS) is 20.4. The van der Waals surface area contributed by atoms with Gasteiger partial charge in [-0.25, -0.2) is 4.63 Å². The first-order valence-electron chi connectivity index (χ1n) is 10.1. The molecule has 2 aromatic rings. The highest BCUT2D eigenvalue weighted by Crippen LogP contribution is 2.25. The minimum atomic E-state index is -0.205. The maximum Gasteiger partial charge on any atom is 0.226 e. The fourth-order valence-corrected chi connectivity index (χ4v) is 3.70. The number of aryl methyl sites for hydroxylation is 1. The van der Waals surface area contributed by atoms with Crippen molar-refractivity contribution in [3.63, 3.8) is 0 Å². The standard InChI is InChI=1S/C19H29N7O3/c1-11(2)26-10-20-23-18(26)13(4)21-19(28)14-5-7-15(8-6-14)22-17(27)9-16-12(3)24-29-25-16/h10-11,13-15H,5-9H2,1-4H3,(H,21,28)(H,22,27). The van der Waals surface area contributed by atoms with E-state index in [1.54, 1.807) is 13.3 Å². The van der Waals surface area contributed by atoms with Crippen LogP contribution >= 0.6 is 0 Å². The quantitative estimate of drug-likeness (QED) is 0.719. The van der Waals surface area contributed by atoms with Crippen molar-refractivity contribution < 1.29 is 14.2 Å². The first-order chi connectivity index (χ1) is 13.8. The lowest BCUT2D eigenvalue weighted by molar-refractivity contribution is -0.126. The minimum Gasteiger partial charge on any atom is -0.353 e. The van der Waals surface area contributed by atoms with E-state index in [-0.39, 0.29) is 42.3 Å². The number of nitrogens with one attached hydrogen (secondary N) is 2. The van der Waals surface area contributed by atoms with Crippen LogP contribution in [0.15, 0.2) is 11.0 Å². The molecule has 0 radical (unpaired) electrons. The molecule has 1 aliphatic rings. The highest BCUT2D eigenvalue weighted by molar-refractivity contribution is 5.80. The van der Waals surface area contributed by atoms with Crippen molar-refractivity contribution in [1.29, 1.82) is 0 Å². The van der Waals surface area contributed by atoms with E-state index in [2.05, 4.69) is 49.6 Å². The molecule has 0 bridgehead atoms. The lowest BCUT2D eigenvalue weighted by Crippen LogP contribution is -2.42. The van der Waals surface area contributed by atoms with Crippen LogP contribution in [0.3, 0.4) is 0 Å². The molecule has 158 valence electrons. The fraction of sp³-hybridized carbons (Fsp3) is 0.684. The van der Waals surface area contributed by atoms with Crippen molar-refractivity contribution in [2.75, 3.05) is 0 Å². The second-order valence-electron chi connectivity index (χ2n) is 8.01. The van der Waals surface area contributed by atoms with Crippen LogP contribution in [0.1, 0.15) is 75.8 Å². The van der Waals surface area contributed by atoms with Crippen molar-refractivity contribution in [2.24, 2.45) is 5.92 Å². The molecule has 0 aromatic carbocycles. The van der Waals surface area contributed by atoms with Gasteiger partial charge < -0.3 is 15.2 Å². The number of nitrogens with zero attached hydrogens (tertiary/aromatic N) is 5. The summed E-state index contributed by atoms with van der Waals surface area (Å²) < 4.78 is 6.58. The summed E-state index contributed by atoms with van der Waals surface area (Å²) >= 11 is 0. The monoisotopic (exact) mass is 403 g/mol. The van der Waals surface area contributed by atoms with Gasteiger partial charge in [0.2, 0.25) is 11.8 Å². The highest BCUT2D eigenvalue weighted by Gasteiger charge is 2.29. The molecule has 1 aliphatic carbocycles. The van der Waals surface area contributed by atoms with Gasteiger partial charge in [-0.2, -0.15) is 0 Å². The van der Waals surface area contributed by atoms with Gasteiger partial charge in [0.15, 0.2) is 5.82 Å². The van der Waals surface area contributed by atoms with Gasteiger partial charge in [0.1, 0.15) is 17.7 Å². The van der Waals surface area contributed by atoms with Gasteiger partial charge >= 0.3 is 0 Å². The van der Waals surface area contributed by atoms with Crippen molar-refractivity contribution in [3.05, 3.63) is 23.5 Å². The molecular weight excluding hydrogens is 374 g/mol. The van der Waals surface area contributed by atoms with Crippen LogP contribution in [0.25, 0.3) is 0 Å². The SMILES string of the molecule is Cc1nonc1CC(=O)NC1CCC(C(=O)NC(C)c2nncn2C(C)C)CC1. The molecule has 0 aliphatic heterocycles. The zero-order valence-corrected chi connectivity index (χ0v) is 17.4. The molecule has 2 aromatic heterocycles. The van der Waals surface area contributed by atoms with Crippen molar-refractivity contribution >= 4 is 11.8 Å². The summed E-state index contributed by atoms with van der Waals surface area (Å²) in [6, 6.07) is 0.104. The highest BCUT2D eigenvalue weighted by atomic mass is 16.6. The predicted octanol–water partition coefficient (Wildman–Crippen LogP) is 1.65. The van der Waals surface area contributed by atoms with Gasteiger partial charge in [-0.3, -0.25) is 9.59 Å². The van der Waals surface area contributed by atoms with E-state index in [0.717, 1.165) is 31.5 Å². The number of carbonyl (C=O) groups is 2. The minimum absolute atomic E-state index is 0.0323. The lowest BCUT2D eigenvalue weighted by atomic mass is 9.85. The summed E-state index contributed by atoms with van der Waals surface area (Å²) in [5.74, 6) is 0.637. The molecule has 29 heavy (non-hydrogen) atoms. The number of hydrogen-bond donors (Lipinski definition) is 2. The van der Waals surface area contributed by atoms with Crippen molar-refractivity contribution in [2.45, 2.75) is 77.9 Å². The maximum atomic E-state index is 12.7. The summed E-state index contributed by atoms with van der Waals surface area (Å²) in [7, 11) is 0. The Hall–Kier alpha value is -2.78. The van der Waals surface area contributed by atoms with E-state index in [9.17, 15) is 9.59 Å². The first kappa shape index (κ1) is 20.9. The van der Waals surface area contributed by atoms with Crippen LogP contribution in [-0.2, 0) is 16.0 Å². The largest absolute Gasteiger partial charge is 0.353 e. The Morgan fingerprint density at radius 2 is 1.93 bits per heavy atom. The van der Waals surface area contributed by atoms with E-state index >= 15 is 0 Å². The van der Waals surface area contributed by atoms with E-state index < -0.39 is 0 Å². The molecule has 2 N–H and O–H groups in total. The van der Waals surface area contributed by atoms with E-state index in [4.69, 9.17) is 0 Å².